The molecule has 0 aliphatic heterocycles. The molecule has 2 rings (SSSR count). The minimum Gasteiger partial charge on any atom is -0.496 e. The van der Waals surface area contributed by atoms with Gasteiger partial charge in [0.25, 0.3) is 0 Å². The van der Waals surface area contributed by atoms with E-state index in [4.69, 9.17) is 10.5 Å². The number of nitrogens with two attached hydrogens (primary N) is 1. The molecule has 0 heterocycles. The Morgan fingerprint density at radius 3 is 2.42 bits per heavy atom. The molecule has 0 spiro atoms. The van der Waals surface area contributed by atoms with Gasteiger partial charge in [-0.15, -0.1) is 0 Å². The lowest BCUT2D eigenvalue weighted by molar-refractivity contribution is -0.123. The molecular formula is C21H35N3O2. The van der Waals surface area contributed by atoms with Crippen molar-refractivity contribution < 1.29 is 9.53 Å². The first kappa shape index (κ1) is 20.6. The third-order valence-corrected chi connectivity index (χ3v) is 5.31. The predicted octanol–water partition coefficient (Wildman–Crippen LogP) is 3.53. The highest BCUT2D eigenvalue weighted by Crippen LogP contribution is 2.27. The molecule has 0 bridgehead atoms. The lowest BCUT2D eigenvalue weighted by Crippen LogP contribution is -2.47. The molecule has 1 aromatic carbocycles. The molecule has 1 aliphatic rings. The summed E-state index contributed by atoms with van der Waals surface area (Å²) in [6, 6.07) is 3.75. The summed E-state index contributed by atoms with van der Waals surface area (Å²) in [7, 11) is 1.69. The van der Waals surface area contributed by atoms with Gasteiger partial charge in [-0.05, 0) is 56.4 Å². The Labute approximate surface area is 158 Å². The van der Waals surface area contributed by atoms with Gasteiger partial charge in [0.2, 0.25) is 5.91 Å². The summed E-state index contributed by atoms with van der Waals surface area (Å²) in [5.74, 6) is 1.50. The molecule has 26 heavy (non-hydrogen) atoms. The number of anilines is 1. The summed E-state index contributed by atoms with van der Waals surface area (Å²) in [5.41, 5.74) is 9.36. The molecule has 0 aromatic heterocycles. The number of hydrogen-bond donors (Lipinski definition) is 3. The van der Waals surface area contributed by atoms with Gasteiger partial charge in [0.15, 0.2) is 0 Å². The average Bonchev–Trinajstić information content (AvgIpc) is 2.60. The zero-order chi connectivity index (χ0) is 19.1. The molecular weight excluding hydrogens is 326 g/mol. The number of aryl methyl sites for hydroxylation is 2. The number of carbonyl (C=O) groups excluding carboxylic acids is 1. The second-order valence-electron chi connectivity index (χ2n) is 7.78. The van der Waals surface area contributed by atoms with E-state index in [0.29, 0.717) is 12.5 Å². The first-order valence-corrected chi connectivity index (χ1v) is 9.85. The Balaban J connectivity index is 1.78. The van der Waals surface area contributed by atoms with E-state index in [1.807, 2.05) is 20.8 Å². The summed E-state index contributed by atoms with van der Waals surface area (Å²) in [6.45, 7) is 6.73. The van der Waals surface area contributed by atoms with Gasteiger partial charge in [-0.2, -0.15) is 0 Å². The maximum atomic E-state index is 12.3. The second-order valence-corrected chi connectivity index (χ2v) is 7.78. The van der Waals surface area contributed by atoms with Crippen molar-refractivity contribution in [2.45, 2.75) is 71.4 Å². The number of nitrogens with one attached hydrogen (secondary N) is 2. The number of carbonyl (C=O) groups is 1. The molecule has 2 atom stereocenters. The zero-order valence-corrected chi connectivity index (χ0v) is 16.7. The van der Waals surface area contributed by atoms with Crippen molar-refractivity contribution in [1.29, 1.82) is 0 Å². The zero-order valence-electron chi connectivity index (χ0n) is 16.7. The van der Waals surface area contributed by atoms with Gasteiger partial charge in [-0.25, -0.2) is 0 Å². The summed E-state index contributed by atoms with van der Waals surface area (Å²) in [5, 5.41) is 6.43. The Morgan fingerprint density at radius 2 is 1.85 bits per heavy atom. The highest BCUT2D eigenvalue weighted by atomic mass is 16.5. The van der Waals surface area contributed by atoms with Crippen LogP contribution in [-0.2, 0) is 4.79 Å². The standard InChI is InChI=1S/C21H35N3O2/c1-14-10-18(11-15(2)20(14)26-4)23-13-16(3)24-21(25)19(22)12-17-8-6-5-7-9-17/h10-11,16-17,19,23H,5-9,12-13,22H2,1-4H3,(H,24,25)/t16-,19-/m0/s1. The van der Waals surface area contributed by atoms with Crippen LogP contribution in [0.5, 0.6) is 5.75 Å². The predicted molar refractivity (Wildman–Crippen MR) is 108 cm³/mol. The quantitative estimate of drug-likeness (QED) is 0.662. The van der Waals surface area contributed by atoms with Gasteiger partial charge in [0, 0.05) is 18.3 Å². The lowest BCUT2D eigenvalue weighted by Gasteiger charge is -2.25. The molecule has 0 unspecified atom stereocenters. The van der Waals surface area contributed by atoms with E-state index in [-0.39, 0.29) is 11.9 Å². The Bertz CT molecular complexity index is 574. The molecule has 0 radical (unpaired) electrons. The fourth-order valence-corrected chi connectivity index (χ4v) is 3.94. The smallest absolute Gasteiger partial charge is 0.237 e. The monoisotopic (exact) mass is 361 g/mol. The normalized spacial score (nSPS) is 17.4. The van der Waals surface area contributed by atoms with Gasteiger partial charge in [0.1, 0.15) is 5.75 Å². The van der Waals surface area contributed by atoms with Crippen molar-refractivity contribution >= 4 is 11.6 Å². The molecule has 4 N–H and O–H groups in total. The van der Waals surface area contributed by atoms with E-state index in [9.17, 15) is 4.79 Å². The molecule has 146 valence electrons. The fourth-order valence-electron chi connectivity index (χ4n) is 3.94. The van der Waals surface area contributed by atoms with Gasteiger partial charge in [-0.1, -0.05) is 32.1 Å². The Kier molecular flexibility index (Phi) is 7.76. The van der Waals surface area contributed by atoms with Crippen LogP contribution < -0.4 is 21.1 Å². The molecule has 1 aliphatic carbocycles. The SMILES string of the molecule is COc1c(C)cc(NC[C@H](C)NC(=O)[C@@H](N)CC2CCCCC2)cc1C. The maximum Gasteiger partial charge on any atom is 0.237 e. The van der Waals surface area contributed by atoms with Crippen molar-refractivity contribution in [1.82, 2.24) is 5.32 Å². The summed E-state index contributed by atoms with van der Waals surface area (Å²) in [6.07, 6.45) is 7.12. The van der Waals surface area contributed by atoms with E-state index in [0.717, 1.165) is 29.0 Å². The summed E-state index contributed by atoms with van der Waals surface area (Å²) in [4.78, 5) is 12.3. The molecule has 1 aromatic rings. The van der Waals surface area contributed by atoms with Crippen LogP contribution in [0.1, 0.15) is 56.6 Å². The van der Waals surface area contributed by atoms with Crippen LogP contribution in [0.25, 0.3) is 0 Å². The molecule has 1 amide bonds. The van der Waals surface area contributed by atoms with Crippen molar-refractivity contribution in [2.75, 3.05) is 19.0 Å². The van der Waals surface area contributed by atoms with Crippen molar-refractivity contribution in [3.05, 3.63) is 23.3 Å². The van der Waals surface area contributed by atoms with E-state index in [2.05, 4.69) is 22.8 Å². The first-order chi connectivity index (χ1) is 12.4. The number of ether oxygens (including phenoxy) is 1. The van der Waals surface area contributed by atoms with Gasteiger partial charge < -0.3 is 21.1 Å². The molecule has 1 saturated carbocycles. The van der Waals surface area contributed by atoms with Crippen LogP contribution in [0.15, 0.2) is 12.1 Å². The van der Waals surface area contributed by atoms with E-state index in [1.54, 1.807) is 7.11 Å². The largest absolute Gasteiger partial charge is 0.496 e. The maximum absolute atomic E-state index is 12.3. The van der Waals surface area contributed by atoms with Gasteiger partial charge in [-0.3, -0.25) is 4.79 Å². The number of rotatable bonds is 8. The number of amides is 1. The lowest BCUT2D eigenvalue weighted by atomic mass is 9.85. The Morgan fingerprint density at radius 1 is 1.23 bits per heavy atom. The molecule has 5 heteroatoms. The van der Waals surface area contributed by atoms with Gasteiger partial charge >= 0.3 is 0 Å². The highest BCUT2D eigenvalue weighted by molar-refractivity contribution is 5.81. The van der Waals surface area contributed by atoms with Crippen molar-refractivity contribution in [3.8, 4) is 5.75 Å². The number of methoxy groups -OCH3 is 1. The highest BCUT2D eigenvalue weighted by Gasteiger charge is 2.22. The second kappa shape index (κ2) is 9.81. The van der Waals surface area contributed by atoms with Crippen molar-refractivity contribution in [2.24, 2.45) is 11.7 Å². The first-order valence-electron chi connectivity index (χ1n) is 9.85. The molecule has 1 fully saturated rings. The van der Waals surface area contributed by atoms with Crippen molar-refractivity contribution in [3.63, 3.8) is 0 Å². The number of hydrogen-bond acceptors (Lipinski definition) is 4. The fraction of sp³-hybridized carbons (Fsp3) is 0.667. The molecule has 0 saturated heterocycles. The van der Waals surface area contributed by atoms with E-state index >= 15 is 0 Å². The van der Waals surface area contributed by atoms with Gasteiger partial charge in [0.05, 0.1) is 13.2 Å². The van der Waals surface area contributed by atoms with E-state index in [1.165, 1.54) is 32.1 Å². The third kappa shape index (κ3) is 5.90. The average molecular weight is 362 g/mol. The minimum absolute atomic E-state index is 0.0163. The van der Waals surface area contributed by atoms with Crippen LogP contribution in [-0.4, -0.2) is 31.6 Å². The van der Waals surface area contributed by atoms with Crippen LogP contribution in [0.4, 0.5) is 5.69 Å². The summed E-state index contributed by atoms with van der Waals surface area (Å²) >= 11 is 0. The van der Waals surface area contributed by atoms with Crippen LogP contribution in [0.2, 0.25) is 0 Å². The van der Waals surface area contributed by atoms with E-state index < -0.39 is 6.04 Å². The third-order valence-electron chi connectivity index (χ3n) is 5.31. The summed E-state index contributed by atoms with van der Waals surface area (Å²) < 4.78 is 5.40. The van der Waals surface area contributed by atoms with Crippen LogP contribution >= 0.6 is 0 Å². The minimum atomic E-state index is -0.397. The van der Waals surface area contributed by atoms with Crippen LogP contribution in [0.3, 0.4) is 0 Å². The Hall–Kier alpha value is -1.75. The topological polar surface area (TPSA) is 76.4 Å². The molecule has 5 nitrogen and oxygen atoms in total. The van der Waals surface area contributed by atoms with Crippen LogP contribution in [0, 0.1) is 19.8 Å². The number of benzene rings is 1.